The molecule has 0 aliphatic carbocycles. The molecule has 0 bridgehead atoms. The molecule has 0 spiro atoms. The summed E-state index contributed by atoms with van der Waals surface area (Å²) < 4.78 is 5.48. The molecule has 0 saturated carbocycles. The summed E-state index contributed by atoms with van der Waals surface area (Å²) >= 11 is 0. The normalized spacial score (nSPS) is 19.6. The van der Waals surface area contributed by atoms with E-state index in [2.05, 4.69) is 26.8 Å². The lowest BCUT2D eigenvalue weighted by atomic mass is 10.1. The van der Waals surface area contributed by atoms with Gasteiger partial charge >= 0.3 is 6.01 Å². The van der Waals surface area contributed by atoms with Crippen LogP contribution in [-0.2, 0) is 0 Å². The third kappa shape index (κ3) is 3.00. The number of nitrogens with zero attached hydrogens (tertiary/aromatic N) is 4. The number of ether oxygens (including phenoxy) is 1. The average Bonchev–Trinajstić information content (AvgIpc) is 2.75. The SMILES string of the molecule is CCC1CCN(c2nc(N)nc(OC(C)C)n2)C1. The fourth-order valence-electron chi connectivity index (χ4n) is 2.11. The van der Waals surface area contributed by atoms with E-state index in [1.807, 2.05) is 13.8 Å². The fourth-order valence-corrected chi connectivity index (χ4v) is 2.11. The van der Waals surface area contributed by atoms with E-state index in [0.717, 1.165) is 19.0 Å². The first-order chi connectivity index (χ1) is 8.58. The molecule has 2 heterocycles. The van der Waals surface area contributed by atoms with E-state index in [-0.39, 0.29) is 12.1 Å². The van der Waals surface area contributed by atoms with E-state index < -0.39 is 0 Å². The van der Waals surface area contributed by atoms with Gasteiger partial charge in [0.2, 0.25) is 11.9 Å². The van der Waals surface area contributed by atoms with E-state index in [9.17, 15) is 0 Å². The van der Waals surface area contributed by atoms with Crippen LogP contribution in [0.25, 0.3) is 0 Å². The minimum atomic E-state index is 0.0293. The van der Waals surface area contributed by atoms with Crippen LogP contribution in [0.3, 0.4) is 0 Å². The minimum Gasteiger partial charge on any atom is -0.461 e. The summed E-state index contributed by atoms with van der Waals surface area (Å²) in [6.45, 7) is 8.04. The second kappa shape index (κ2) is 5.37. The predicted octanol–water partition coefficient (Wildman–Crippen LogP) is 1.48. The van der Waals surface area contributed by atoms with E-state index in [1.165, 1.54) is 12.8 Å². The number of hydrogen-bond acceptors (Lipinski definition) is 6. The zero-order chi connectivity index (χ0) is 13.1. The molecule has 2 N–H and O–H groups in total. The van der Waals surface area contributed by atoms with Gasteiger partial charge in [-0.25, -0.2) is 0 Å². The molecule has 1 atom stereocenters. The summed E-state index contributed by atoms with van der Waals surface area (Å²) in [6.07, 6.45) is 2.40. The molecule has 2 rings (SSSR count). The number of hydrogen-bond donors (Lipinski definition) is 1. The zero-order valence-electron chi connectivity index (χ0n) is 11.3. The molecule has 0 aromatic carbocycles. The summed E-state index contributed by atoms with van der Waals surface area (Å²) in [5.74, 6) is 1.57. The van der Waals surface area contributed by atoms with Crippen molar-refractivity contribution in [2.75, 3.05) is 23.7 Å². The molecule has 6 nitrogen and oxygen atoms in total. The lowest BCUT2D eigenvalue weighted by Crippen LogP contribution is -2.23. The summed E-state index contributed by atoms with van der Waals surface area (Å²) in [4.78, 5) is 14.7. The highest BCUT2D eigenvalue weighted by Crippen LogP contribution is 2.24. The number of rotatable bonds is 4. The molecule has 1 saturated heterocycles. The van der Waals surface area contributed by atoms with Crippen LogP contribution in [0.4, 0.5) is 11.9 Å². The second-order valence-corrected chi connectivity index (χ2v) is 4.95. The molecular formula is C12H21N5O. The third-order valence-electron chi connectivity index (χ3n) is 3.11. The van der Waals surface area contributed by atoms with Crippen LogP contribution in [0.1, 0.15) is 33.6 Å². The molecule has 0 amide bonds. The Morgan fingerprint density at radius 1 is 1.39 bits per heavy atom. The van der Waals surface area contributed by atoms with Gasteiger partial charge in [-0.3, -0.25) is 0 Å². The molecule has 18 heavy (non-hydrogen) atoms. The summed E-state index contributed by atoms with van der Waals surface area (Å²) in [7, 11) is 0. The first-order valence-corrected chi connectivity index (χ1v) is 6.51. The first kappa shape index (κ1) is 12.9. The summed E-state index contributed by atoms with van der Waals surface area (Å²) in [6, 6.07) is 0.312. The molecule has 1 aliphatic heterocycles. The highest BCUT2D eigenvalue weighted by Gasteiger charge is 2.24. The van der Waals surface area contributed by atoms with E-state index in [1.54, 1.807) is 0 Å². The third-order valence-corrected chi connectivity index (χ3v) is 3.11. The number of anilines is 2. The van der Waals surface area contributed by atoms with Crippen molar-refractivity contribution in [3.63, 3.8) is 0 Å². The molecule has 6 heteroatoms. The van der Waals surface area contributed by atoms with Gasteiger partial charge in [0.15, 0.2) is 0 Å². The summed E-state index contributed by atoms with van der Waals surface area (Å²) in [5, 5.41) is 0. The molecule has 0 radical (unpaired) electrons. The molecule has 1 aromatic heterocycles. The molecule has 1 aliphatic rings. The molecule has 100 valence electrons. The van der Waals surface area contributed by atoms with Crippen molar-refractivity contribution in [3.05, 3.63) is 0 Å². The van der Waals surface area contributed by atoms with Crippen LogP contribution < -0.4 is 15.4 Å². The molecule has 1 aromatic rings. The van der Waals surface area contributed by atoms with E-state index >= 15 is 0 Å². The lowest BCUT2D eigenvalue weighted by Gasteiger charge is -2.17. The zero-order valence-corrected chi connectivity index (χ0v) is 11.3. The quantitative estimate of drug-likeness (QED) is 0.873. The molecular weight excluding hydrogens is 230 g/mol. The predicted molar refractivity (Wildman–Crippen MR) is 70.6 cm³/mol. The van der Waals surface area contributed by atoms with Crippen LogP contribution in [0, 0.1) is 5.92 Å². The van der Waals surface area contributed by atoms with Crippen molar-refractivity contribution in [1.82, 2.24) is 15.0 Å². The first-order valence-electron chi connectivity index (χ1n) is 6.51. The van der Waals surface area contributed by atoms with Crippen LogP contribution in [-0.4, -0.2) is 34.1 Å². The Kier molecular flexibility index (Phi) is 3.84. The highest BCUT2D eigenvalue weighted by atomic mass is 16.5. The van der Waals surface area contributed by atoms with Crippen LogP contribution >= 0.6 is 0 Å². The van der Waals surface area contributed by atoms with Crippen LogP contribution in [0.15, 0.2) is 0 Å². The van der Waals surface area contributed by atoms with Crippen molar-refractivity contribution in [2.45, 2.75) is 39.7 Å². The highest BCUT2D eigenvalue weighted by molar-refractivity contribution is 5.37. The molecule has 1 fully saturated rings. The maximum absolute atomic E-state index is 5.70. The second-order valence-electron chi connectivity index (χ2n) is 4.95. The van der Waals surface area contributed by atoms with Gasteiger partial charge in [-0.05, 0) is 26.2 Å². The van der Waals surface area contributed by atoms with Crippen molar-refractivity contribution in [2.24, 2.45) is 5.92 Å². The van der Waals surface area contributed by atoms with Gasteiger partial charge in [0.05, 0.1) is 6.10 Å². The van der Waals surface area contributed by atoms with E-state index in [0.29, 0.717) is 12.0 Å². The van der Waals surface area contributed by atoms with Gasteiger partial charge in [0.1, 0.15) is 0 Å². The maximum atomic E-state index is 5.70. The largest absolute Gasteiger partial charge is 0.461 e. The van der Waals surface area contributed by atoms with Crippen molar-refractivity contribution in [3.8, 4) is 6.01 Å². The van der Waals surface area contributed by atoms with Gasteiger partial charge in [-0.1, -0.05) is 13.3 Å². The average molecular weight is 251 g/mol. The summed E-state index contributed by atoms with van der Waals surface area (Å²) in [5.41, 5.74) is 5.70. The Bertz CT molecular complexity index is 409. The Balaban J connectivity index is 2.15. The Morgan fingerprint density at radius 2 is 2.17 bits per heavy atom. The minimum absolute atomic E-state index is 0.0293. The Morgan fingerprint density at radius 3 is 2.78 bits per heavy atom. The van der Waals surface area contributed by atoms with E-state index in [4.69, 9.17) is 10.5 Å². The van der Waals surface area contributed by atoms with Gasteiger partial charge < -0.3 is 15.4 Å². The number of nitrogens with two attached hydrogens (primary N) is 1. The maximum Gasteiger partial charge on any atom is 0.323 e. The number of nitrogen functional groups attached to an aromatic ring is 1. The van der Waals surface area contributed by atoms with Crippen molar-refractivity contribution in [1.29, 1.82) is 0 Å². The van der Waals surface area contributed by atoms with Crippen LogP contribution in [0.2, 0.25) is 0 Å². The Hall–Kier alpha value is -1.59. The smallest absolute Gasteiger partial charge is 0.323 e. The van der Waals surface area contributed by atoms with Crippen LogP contribution in [0.5, 0.6) is 6.01 Å². The molecule has 1 unspecified atom stereocenters. The van der Waals surface area contributed by atoms with Gasteiger partial charge in [0, 0.05) is 13.1 Å². The standard InChI is InChI=1S/C12H21N5O/c1-4-9-5-6-17(7-9)11-14-10(13)15-12(16-11)18-8(2)3/h8-9H,4-7H2,1-3H3,(H2,13,14,15,16). The topological polar surface area (TPSA) is 77.2 Å². The number of aromatic nitrogens is 3. The monoisotopic (exact) mass is 251 g/mol. The van der Waals surface area contributed by atoms with Gasteiger partial charge in [-0.15, -0.1) is 0 Å². The Labute approximate surface area is 108 Å². The van der Waals surface area contributed by atoms with Gasteiger partial charge in [0.25, 0.3) is 0 Å². The lowest BCUT2D eigenvalue weighted by molar-refractivity contribution is 0.222. The fraction of sp³-hybridized carbons (Fsp3) is 0.750. The van der Waals surface area contributed by atoms with Crippen molar-refractivity contribution >= 4 is 11.9 Å². The van der Waals surface area contributed by atoms with Crippen molar-refractivity contribution < 1.29 is 4.74 Å². The van der Waals surface area contributed by atoms with Gasteiger partial charge in [-0.2, -0.15) is 15.0 Å².